The van der Waals surface area contributed by atoms with Gasteiger partial charge >= 0.3 is 6.09 Å². The normalized spacial score (nSPS) is 15.4. The van der Waals surface area contributed by atoms with Gasteiger partial charge in [0, 0.05) is 43.4 Å². The largest absolute Gasteiger partial charge is 0.468 e. The third-order valence-electron chi connectivity index (χ3n) is 10.6. The van der Waals surface area contributed by atoms with Crippen molar-refractivity contribution in [2.45, 2.75) is 116 Å². The standard InChI is InChI=1S/C42H55F2N5O6SSi/c1-24(2)57(25(3)4,26(5)6)19-17-31-33(43)16-15-28-20-30(54-23-53-11)21-32(35(28)31)37-36(44)38-34(27(7)45-37)39(48-40(47-38)56(12,51)52)49-18-13-14-29(22-49)46-41(50)55-42(8,9)10/h15-16,20-21,24-26,29H,13-14,18,22-23H2,1-12H3,(H,46,50)/t29-/m0/s1. The van der Waals surface area contributed by atoms with Crippen LogP contribution < -0.4 is 15.0 Å². The number of benzene rings is 2. The lowest BCUT2D eigenvalue weighted by atomic mass is 9.95. The summed E-state index contributed by atoms with van der Waals surface area (Å²) >= 11 is 0. The minimum atomic E-state index is -4.05. The van der Waals surface area contributed by atoms with Gasteiger partial charge in [-0.1, -0.05) is 53.5 Å². The Labute approximate surface area is 336 Å². The molecule has 1 aliphatic heterocycles. The Hall–Kier alpha value is -4.39. The molecule has 3 heterocycles. The van der Waals surface area contributed by atoms with E-state index in [1.54, 1.807) is 45.9 Å². The molecule has 1 saturated heterocycles. The number of hydrogen-bond acceptors (Lipinski definition) is 10. The van der Waals surface area contributed by atoms with Gasteiger partial charge < -0.3 is 24.4 Å². The number of hydrogen-bond donors (Lipinski definition) is 1. The molecule has 0 bridgehead atoms. The number of nitrogens with one attached hydrogen (secondary N) is 1. The summed E-state index contributed by atoms with van der Waals surface area (Å²) in [5.41, 5.74) is 3.90. The molecule has 308 valence electrons. The summed E-state index contributed by atoms with van der Waals surface area (Å²) in [5.74, 6) is 2.26. The zero-order valence-electron chi connectivity index (χ0n) is 35.1. The SMILES string of the molecule is COCOc1cc(-c2nc(C)c3c(N4CCC[C@H](NC(=O)OC(C)(C)C)C4)nc(S(C)(=O)=O)nc3c2F)c2c(C#C[Si](C(C)C)(C(C)C)C(C)C)c(F)ccc2c1. The highest BCUT2D eigenvalue weighted by molar-refractivity contribution is 7.90. The quantitative estimate of drug-likeness (QED) is 0.0716. The second-order valence-electron chi connectivity index (χ2n) is 16.8. The maximum atomic E-state index is 17.5. The number of piperidine rings is 1. The molecule has 15 heteroatoms. The van der Waals surface area contributed by atoms with Gasteiger partial charge in [0.15, 0.2) is 12.6 Å². The van der Waals surface area contributed by atoms with Gasteiger partial charge in [-0.2, -0.15) is 0 Å². The van der Waals surface area contributed by atoms with Crippen molar-refractivity contribution in [3.63, 3.8) is 0 Å². The van der Waals surface area contributed by atoms with Crippen LogP contribution in [0.25, 0.3) is 32.9 Å². The van der Waals surface area contributed by atoms with Crippen LogP contribution in [0.1, 0.15) is 86.4 Å². The fourth-order valence-corrected chi connectivity index (χ4v) is 13.9. The van der Waals surface area contributed by atoms with Crippen LogP contribution >= 0.6 is 0 Å². The topological polar surface area (TPSA) is 133 Å². The first-order valence-corrected chi connectivity index (χ1v) is 23.4. The van der Waals surface area contributed by atoms with Crippen LogP contribution in [0.15, 0.2) is 29.4 Å². The third-order valence-corrected chi connectivity index (χ3v) is 17.7. The van der Waals surface area contributed by atoms with E-state index >= 15 is 8.78 Å². The molecule has 0 spiro atoms. The number of rotatable bonds is 10. The molecule has 1 N–H and O–H groups in total. The highest BCUT2D eigenvalue weighted by Gasteiger charge is 2.42. The van der Waals surface area contributed by atoms with E-state index in [1.165, 1.54) is 13.2 Å². The molecule has 57 heavy (non-hydrogen) atoms. The minimum absolute atomic E-state index is 0.106. The van der Waals surface area contributed by atoms with E-state index in [4.69, 9.17) is 19.2 Å². The molecular weight excluding hydrogens is 769 g/mol. The van der Waals surface area contributed by atoms with Crippen molar-refractivity contribution >= 4 is 51.5 Å². The number of nitrogens with zero attached hydrogens (tertiary/aromatic N) is 4. The predicted octanol–water partition coefficient (Wildman–Crippen LogP) is 8.88. The number of methoxy groups -OCH3 is 1. The van der Waals surface area contributed by atoms with E-state index in [9.17, 15) is 13.2 Å². The van der Waals surface area contributed by atoms with E-state index in [0.29, 0.717) is 41.6 Å². The van der Waals surface area contributed by atoms with Gasteiger partial charge in [-0.3, -0.25) is 0 Å². The highest BCUT2D eigenvalue weighted by atomic mass is 32.2. The maximum Gasteiger partial charge on any atom is 0.407 e. The predicted molar refractivity (Wildman–Crippen MR) is 223 cm³/mol. The number of sulfone groups is 1. The zero-order valence-corrected chi connectivity index (χ0v) is 36.9. The van der Waals surface area contributed by atoms with Crippen molar-refractivity contribution in [3.05, 3.63) is 47.2 Å². The molecule has 0 saturated carbocycles. The molecule has 1 atom stereocenters. The number of aryl methyl sites for hydroxylation is 1. The van der Waals surface area contributed by atoms with Crippen molar-refractivity contribution in [1.82, 2.24) is 20.3 Å². The molecular formula is C42H55F2N5O6SSi. The lowest BCUT2D eigenvalue weighted by Crippen LogP contribution is -2.49. The molecule has 4 aromatic rings. The average Bonchev–Trinajstić information content (AvgIpc) is 3.10. The first-order chi connectivity index (χ1) is 26.6. The third kappa shape index (κ3) is 9.18. The molecule has 2 aromatic carbocycles. The van der Waals surface area contributed by atoms with Crippen molar-refractivity contribution in [3.8, 4) is 28.5 Å². The molecule has 0 aliphatic carbocycles. The van der Waals surface area contributed by atoms with Crippen molar-refractivity contribution in [2.24, 2.45) is 0 Å². The Bertz CT molecular complexity index is 2330. The van der Waals surface area contributed by atoms with Gasteiger partial charge in [-0.15, -0.1) is 5.54 Å². The molecule has 1 aliphatic rings. The first-order valence-electron chi connectivity index (χ1n) is 19.3. The Kier molecular flexibility index (Phi) is 12.9. The van der Waals surface area contributed by atoms with Crippen LogP contribution in [0.2, 0.25) is 16.6 Å². The fraction of sp³-hybridized carbons (Fsp3) is 0.524. The summed E-state index contributed by atoms with van der Waals surface area (Å²) in [4.78, 5) is 28.0. The smallest absolute Gasteiger partial charge is 0.407 e. The number of ether oxygens (including phenoxy) is 3. The van der Waals surface area contributed by atoms with Crippen LogP contribution in [-0.2, 0) is 19.3 Å². The summed E-state index contributed by atoms with van der Waals surface area (Å²) < 4.78 is 76.2. The first kappa shape index (κ1) is 43.7. The summed E-state index contributed by atoms with van der Waals surface area (Å²) in [6.45, 7) is 20.6. The van der Waals surface area contributed by atoms with Gasteiger partial charge in [0.05, 0.1) is 16.6 Å². The number of carbonyl (C=O) groups excluding carboxylic acids is 1. The number of pyridine rings is 1. The molecule has 2 aromatic heterocycles. The van der Waals surface area contributed by atoms with Gasteiger partial charge in [0.2, 0.25) is 15.0 Å². The van der Waals surface area contributed by atoms with Crippen LogP contribution in [0.5, 0.6) is 5.75 Å². The van der Waals surface area contributed by atoms with Gasteiger partial charge in [0.1, 0.15) is 42.3 Å². The number of fused-ring (bicyclic) bond motifs is 2. The Morgan fingerprint density at radius 1 is 1.04 bits per heavy atom. The second kappa shape index (κ2) is 16.8. The van der Waals surface area contributed by atoms with Gasteiger partial charge in [-0.05, 0) is 80.7 Å². The molecule has 11 nitrogen and oxygen atoms in total. The van der Waals surface area contributed by atoms with E-state index < -0.39 is 46.4 Å². The number of amides is 1. The van der Waals surface area contributed by atoms with Gasteiger partial charge in [-0.25, -0.2) is 36.9 Å². The van der Waals surface area contributed by atoms with Crippen LogP contribution in [0.3, 0.4) is 0 Å². The van der Waals surface area contributed by atoms with E-state index in [0.717, 1.165) is 6.26 Å². The molecule has 1 fully saturated rings. The van der Waals surface area contributed by atoms with Crippen molar-refractivity contribution in [2.75, 3.05) is 38.1 Å². The number of anilines is 1. The number of carbonyl (C=O) groups is 1. The lowest BCUT2D eigenvalue weighted by molar-refractivity contribution is 0.0498. The maximum absolute atomic E-state index is 17.5. The highest BCUT2D eigenvalue weighted by Crippen LogP contribution is 2.43. The van der Waals surface area contributed by atoms with Gasteiger partial charge in [0.25, 0.3) is 0 Å². The lowest BCUT2D eigenvalue weighted by Gasteiger charge is -2.38. The average molecular weight is 824 g/mol. The summed E-state index contributed by atoms with van der Waals surface area (Å²) in [6, 6.07) is 5.85. The fourth-order valence-electron chi connectivity index (χ4n) is 8.18. The van der Waals surface area contributed by atoms with E-state index in [2.05, 4.69) is 68.3 Å². The monoisotopic (exact) mass is 823 g/mol. The second-order valence-corrected chi connectivity index (χ2v) is 24.3. The summed E-state index contributed by atoms with van der Waals surface area (Å²) in [7, 11) is -4.91. The van der Waals surface area contributed by atoms with Crippen LogP contribution in [0, 0.1) is 30.0 Å². The summed E-state index contributed by atoms with van der Waals surface area (Å²) in [6.07, 6.45) is 1.64. The molecule has 0 unspecified atom stereocenters. The number of halogens is 2. The van der Waals surface area contributed by atoms with Crippen molar-refractivity contribution < 1.29 is 36.2 Å². The van der Waals surface area contributed by atoms with Crippen LogP contribution in [0.4, 0.5) is 19.4 Å². The van der Waals surface area contributed by atoms with Crippen LogP contribution in [-0.4, -0.2) is 82.4 Å². The minimum Gasteiger partial charge on any atom is -0.468 e. The molecule has 5 rings (SSSR count). The Morgan fingerprint density at radius 3 is 2.30 bits per heavy atom. The Morgan fingerprint density at radius 2 is 1.70 bits per heavy atom. The van der Waals surface area contributed by atoms with Crippen molar-refractivity contribution in [1.29, 1.82) is 0 Å². The number of alkyl carbamates (subject to hydrolysis) is 1. The molecule has 0 radical (unpaired) electrons. The van der Waals surface area contributed by atoms with E-state index in [-0.39, 0.29) is 69.5 Å². The zero-order chi connectivity index (χ0) is 42.2. The molecule has 1 amide bonds. The number of aromatic nitrogens is 3. The Balaban J connectivity index is 1.79. The summed E-state index contributed by atoms with van der Waals surface area (Å²) in [5, 5.41) is 3.41. The van der Waals surface area contributed by atoms with E-state index in [1.807, 2.05) is 4.90 Å².